The van der Waals surface area contributed by atoms with Crippen LogP contribution < -0.4 is 4.74 Å². The lowest BCUT2D eigenvalue weighted by Crippen LogP contribution is -1.80. The SMILES string of the molecule is [C-]#[N+]c1ccc(Oc2ccc(F)cc2)s1. The van der Waals surface area contributed by atoms with Crippen molar-refractivity contribution in [1.82, 2.24) is 0 Å². The van der Waals surface area contributed by atoms with Crippen LogP contribution in [0, 0.1) is 12.4 Å². The molecule has 0 saturated carbocycles. The van der Waals surface area contributed by atoms with Crippen LogP contribution in [0.2, 0.25) is 0 Å². The summed E-state index contributed by atoms with van der Waals surface area (Å²) < 4.78 is 18.0. The summed E-state index contributed by atoms with van der Waals surface area (Å²) in [4.78, 5) is 3.28. The van der Waals surface area contributed by atoms with E-state index in [1.807, 2.05) is 0 Å². The first kappa shape index (κ1) is 9.69. The van der Waals surface area contributed by atoms with E-state index in [-0.39, 0.29) is 5.82 Å². The van der Waals surface area contributed by atoms with Crippen LogP contribution in [0.1, 0.15) is 0 Å². The third-order valence-corrected chi connectivity index (χ3v) is 2.57. The summed E-state index contributed by atoms with van der Waals surface area (Å²) in [5, 5.41) is 1.21. The minimum absolute atomic E-state index is 0.296. The van der Waals surface area contributed by atoms with Gasteiger partial charge >= 0.3 is 0 Å². The quantitative estimate of drug-likeness (QED) is 0.689. The lowest BCUT2D eigenvalue weighted by atomic mass is 10.3. The van der Waals surface area contributed by atoms with Crippen molar-refractivity contribution in [3.8, 4) is 10.8 Å². The van der Waals surface area contributed by atoms with Gasteiger partial charge in [-0.1, -0.05) is 0 Å². The number of rotatable bonds is 2. The van der Waals surface area contributed by atoms with Crippen molar-refractivity contribution in [1.29, 1.82) is 0 Å². The van der Waals surface area contributed by atoms with E-state index in [2.05, 4.69) is 4.85 Å². The highest BCUT2D eigenvalue weighted by molar-refractivity contribution is 7.17. The second-order valence-electron chi connectivity index (χ2n) is 2.76. The molecule has 0 aliphatic carbocycles. The zero-order valence-electron chi connectivity index (χ0n) is 7.61. The van der Waals surface area contributed by atoms with Gasteiger partial charge in [-0.2, -0.15) is 0 Å². The van der Waals surface area contributed by atoms with Crippen LogP contribution in [0.25, 0.3) is 4.85 Å². The second kappa shape index (κ2) is 4.11. The Morgan fingerprint density at radius 2 is 1.87 bits per heavy atom. The highest BCUT2D eigenvalue weighted by Gasteiger charge is 2.01. The highest BCUT2D eigenvalue weighted by atomic mass is 32.1. The average Bonchev–Trinajstić information content (AvgIpc) is 2.69. The molecule has 0 saturated heterocycles. The largest absolute Gasteiger partial charge is 0.448 e. The maximum atomic E-state index is 12.6. The Bertz CT molecular complexity index is 498. The molecule has 0 fully saturated rings. The smallest absolute Gasteiger partial charge is 0.244 e. The minimum atomic E-state index is -0.296. The van der Waals surface area contributed by atoms with Crippen LogP contribution in [0.4, 0.5) is 9.39 Å². The second-order valence-corrected chi connectivity index (χ2v) is 3.79. The maximum absolute atomic E-state index is 12.6. The summed E-state index contributed by atoms with van der Waals surface area (Å²) in [6.07, 6.45) is 0. The molecule has 1 aromatic carbocycles. The molecule has 74 valence electrons. The first-order valence-electron chi connectivity index (χ1n) is 4.18. The van der Waals surface area contributed by atoms with Gasteiger partial charge in [0.1, 0.15) is 11.6 Å². The van der Waals surface area contributed by atoms with E-state index in [0.29, 0.717) is 15.8 Å². The van der Waals surface area contributed by atoms with E-state index in [9.17, 15) is 4.39 Å². The van der Waals surface area contributed by atoms with E-state index >= 15 is 0 Å². The Kier molecular flexibility index (Phi) is 2.66. The summed E-state index contributed by atoms with van der Waals surface area (Å²) in [6, 6.07) is 9.18. The molecule has 0 aliphatic heterocycles. The van der Waals surface area contributed by atoms with Crippen LogP contribution >= 0.6 is 11.3 Å². The van der Waals surface area contributed by atoms with Gasteiger partial charge in [-0.25, -0.2) is 9.24 Å². The van der Waals surface area contributed by atoms with Crippen molar-refractivity contribution in [3.05, 3.63) is 53.6 Å². The molecule has 1 heterocycles. The molecule has 1 aromatic heterocycles. The molecule has 0 amide bonds. The number of thiophene rings is 1. The molecular formula is C11H6FNOS. The van der Waals surface area contributed by atoms with Crippen molar-refractivity contribution in [2.24, 2.45) is 0 Å². The average molecular weight is 219 g/mol. The summed E-state index contributed by atoms with van der Waals surface area (Å²) in [7, 11) is 0. The van der Waals surface area contributed by atoms with Crippen LogP contribution in [-0.2, 0) is 0 Å². The van der Waals surface area contributed by atoms with E-state index in [0.717, 1.165) is 0 Å². The maximum Gasteiger partial charge on any atom is 0.244 e. The van der Waals surface area contributed by atoms with Gasteiger partial charge in [0.05, 0.1) is 6.57 Å². The van der Waals surface area contributed by atoms with Crippen LogP contribution in [0.3, 0.4) is 0 Å². The fourth-order valence-corrected chi connectivity index (χ4v) is 1.71. The zero-order chi connectivity index (χ0) is 10.7. The number of ether oxygens (including phenoxy) is 1. The Morgan fingerprint density at radius 3 is 2.47 bits per heavy atom. The molecule has 15 heavy (non-hydrogen) atoms. The van der Waals surface area contributed by atoms with E-state index < -0.39 is 0 Å². The van der Waals surface area contributed by atoms with Gasteiger partial charge in [0, 0.05) is 0 Å². The molecule has 0 N–H and O–H groups in total. The molecule has 2 aromatic rings. The van der Waals surface area contributed by atoms with E-state index in [4.69, 9.17) is 11.3 Å². The van der Waals surface area contributed by atoms with Gasteiger partial charge in [-0.15, -0.1) is 11.3 Å². The molecule has 0 radical (unpaired) electrons. The van der Waals surface area contributed by atoms with Gasteiger partial charge < -0.3 is 4.74 Å². The number of nitrogens with zero attached hydrogens (tertiary/aromatic N) is 1. The summed E-state index contributed by atoms with van der Waals surface area (Å²) in [6.45, 7) is 6.80. The molecule has 0 spiro atoms. The first-order chi connectivity index (χ1) is 7.28. The summed E-state index contributed by atoms with van der Waals surface area (Å²) in [5.41, 5.74) is 0. The predicted octanol–water partition coefficient (Wildman–Crippen LogP) is 4.23. The highest BCUT2D eigenvalue weighted by Crippen LogP contribution is 2.34. The fraction of sp³-hybridized carbons (Fsp3) is 0. The Labute approximate surface area is 90.4 Å². The number of halogens is 1. The van der Waals surface area contributed by atoms with Crippen LogP contribution in [-0.4, -0.2) is 0 Å². The minimum Gasteiger partial charge on any atom is -0.448 e. The Morgan fingerprint density at radius 1 is 1.13 bits per heavy atom. The van der Waals surface area contributed by atoms with Gasteiger partial charge in [0.15, 0.2) is 5.06 Å². The first-order valence-corrected chi connectivity index (χ1v) is 5.00. The Hall–Kier alpha value is -1.86. The molecule has 2 nitrogen and oxygen atoms in total. The van der Waals surface area contributed by atoms with Gasteiger partial charge in [0.25, 0.3) is 0 Å². The fourth-order valence-electron chi connectivity index (χ4n) is 1.04. The van der Waals surface area contributed by atoms with E-state index in [1.54, 1.807) is 24.3 Å². The van der Waals surface area contributed by atoms with Crippen molar-refractivity contribution >= 4 is 16.3 Å². The van der Waals surface area contributed by atoms with Gasteiger partial charge in [0.2, 0.25) is 5.00 Å². The topological polar surface area (TPSA) is 13.6 Å². The lowest BCUT2D eigenvalue weighted by Gasteiger charge is -2.01. The monoisotopic (exact) mass is 219 g/mol. The van der Waals surface area contributed by atoms with Crippen molar-refractivity contribution in [2.75, 3.05) is 0 Å². The molecule has 2 rings (SSSR count). The lowest BCUT2D eigenvalue weighted by molar-refractivity contribution is 0.494. The van der Waals surface area contributed by atoms with Crippen LogP contribution in [0.15, 0.2) is 36.4 Å². The molecular weight excluding hydrogens is 213 g/mol. The molecule has 4 heteroatoms. The standard InChI is InChI=1S/C11H6FNOS/c1-13-10-6-7-11(15-10)14-9-4-2-8(12)3-5-9/h2-7H. The number of hydrogen-bond donors (Lipinski definition) is 0. The van der Waals surface area contributed by atoms with Crippen molar-refractivity contribution in [3.63, 3.8) is 0 Å². The predicted molar refractivity (Wildman–Crippen MR) is 57.1 cm³/mol. The molecule has 0 atom stereocenters. The molecule has 0 bridgehead atoms. The van der Waals surface area contributed by atoms with Crippen molar-refractivity contribution in [2.45, 2.75) is 0 Å². The number of hydrogen-bond acceptors (Lipinski definition) is 2. The number of benzene rings is 1. The van der Waals surface area contributed by atoms with Crippen LogP contribution in [0.5, 0.6) is 10.8 Å². The van der Waals surface area contributed by atoms with Gasteiger partial charge in [-0.3, -0.25) is 0 Å². The molecule has 0 aliphatic rings. The summed E-state index contributed by atoms with van der Waals surface area (Å²) in [5.74, 6) is 0.269. The summed E-state index contributed by atoms with van der Waals surface area (Å²) >= 11 is 1.26. The third-order valence-electron chi connectivity index (χ3n) is 1.71. The molecule has 0 unspecified atom stereocenters. The van der Waals surface area contributed by atoms with Crippen molar-refractivity contribution < 1.29 is 9.13 Å². The normalized spacial score (nSPS) is 9.60. The van der Waals surface area contributed by atoms with Gasteiger partial charge in [-0.05, 0) is 36.4 Å². The van der Waals surface area contributed by atoms with E-state index in [1.165, 1.54) is 23.5 Å². The zero-order valence-corrected chi connectivity index (χ0v) is 8.42. The Balaban J connectivity index is 2.15. The third kappa shape index (κ3) is 2.33.